The van der Waals surface area contributed by atoms with Crippen LogP contribution in [0.5, 0.6) is 5.75 Å². The summed E-state index contributed by atoms with van der Waals surface area (Å²) in [6, 6.07) is 54.9. The van der Waals surface area contributed by atoms with Crippen LogP contribution in [0.2, 0.25) is 0 Å². The van der Waals surface area contributed by atoms with Crippen molar-refractivity contribution in [2.45, 2.75) is 63.5 Å². The molecule has 1 heterocycles. The Morgan fingerprint density at radius 2 is 1.00 bits per heavy atom. The molecule has 8 rings (SSSR count). The van der Waals surface area contributed by atoms with Gasteiger partial charge in [-0.3, -0.25) is 5.32 Å². The second-order valence-electron chi connectivity index (χ2n) is 16.9. The van der Waals surface area contributed by atoms with Gasteiger partial charge in [0, 0.05) is 18.2 Å². The Hall–Kier alpha value is -8.55. The normalized spacial score (nSPS) is 18.2. The number of rotatable bonds is 17. The van der Waals surface area contributed by atoms with Crippen molar-refractivity contribution in [3.8, 4) is 5.75 Å². The van der Waals surface area contributed by atoms with Gasteiger partial charge in [0.05, 0.1) is 22.3 Å². The quantitative estimate of drug-likeness (QED) is 0.0680. The molecule has 1 aliphatic rings. The molecule has 7 aromatic carbocycles. The number of carbonyl (C=O) groups excluding carboxylic acids is 5. The zero-order chi connectivity index (χ0) is 49.6. The number of aryl methyl sites for hydroxylation is 1. The second kappa shape index (κ2) is 23.2. The summed E-state index contributed by atoms with van der Waals surface area (Å²) in [6.45, 7) is 3.01. The summed E-state index contributed by atoms with van der Waals surface area (Å²) < 4.78 is 44.2. The highest BCUT2D eigenvalue weighted by molar-refractivity contribution is 5.92. The molecule has 0 spiro atoms. The third-order valence-electron chi connectivity index (χ3n) is 11.7. The Balaban J connectivity index is 1.23. The molecule has 0 aromatic heterocycles. The first-order chi connectivity index (χ1) is 34.5. The molecule has 5 atom stereocenters. The molecule has 0 aliphatic carbocycles. The average Bonchev–Trinajstić information content (AvgIpc) is 3.41. The molecule has 1 amide bonds. The molecular formula is C58H51NO12. The lowest BCUT2D eigenvalue weighted by Gasteiger charge is -2.49. The third-order valence-corrected chi connectivity index (χ3v) is 11.7. The van der Waals surface area contributed by atoms with Crippen LogP contribution >= 0.6 is 0 Å². The van der Waals surface area contributed by atoms with Crippen LogP contribution in [0.25, 0.3) is 0 Å². The van der Waals surface area contributed by atoms with Gasteiger partial charge in [0.15, 0.2) is 12.2 Å². The lowest BCUT2D eigenvalue weighted by atomic mass is 9.87. The minimum atomic E-state index is -1.90. The molecule has 7 aromatic rings. The molecule has 13 nitrogen and oxygen atoms in total. The Morgan fingerprint density at radius 3 is 1.54 bits per heavy atom. The predicted molar refractivity (Wildman–Crippen MR) is 263 cm³/mol. The van der Waals surface area contributed by atoms with E-state index in [2.05, 4.69) is 12.2 Å². The molecule has 0 radical (unpaired) electrons. The average molecular weight is 954 g/mol. The van der Waals surface area contributed by atoms with Crippen molar-refractivity contribution in [1.82, 2.24) is 0 Å². The lowest BCUT2D eigenvalue weighted by molar-refractivity contribution is -0.310. The molecule has 1 saturated heterocycles. The summed E-state index contributed by atoms with van der Waals surface area (Å²) in [5, 5.41) is 2.77. The highest BCUT2D eigenvalue weighted by atomic mass is 16.7. The maximum Gasteiger partial charge on any atom is 0.411 e. The van der Waals surface area contributed by atoms with E-state index in [1.807, 2.05) is 54.6 Å². The van der Waals surface area contributed by atoms with E-state index in [0.29, 0.717) is 12.0 Å². The van der Waals surface area contributed by atoms with Crippen LogP contribution in [0, 0.1) is 0 Å². The van der Waals surface area contributed by atoms with Crippen LogP contribution in [-0.2, 0) is 47.9 Å². The number of benzene rings is 7. The monoisotopic (exact) mass is 953 g/mol. The summed E-state index contributed by atoms with van der Waals surface area (Å²) in [6.07, 6.45) is -6.28. The molecule has 0 bridgehead atoms. The van der Waals surface area contributed by atoms with Gasteiger partial charge in [-0.05, 0) is 90.2 Å². The van der Waals surface area contributed by atoms with Gasteiger partial charge in [-0.15, -0.1) is 0 Å². The minimum Gasteiger partial charge on any atom is -0.460 e. The molecular weight excluding hydrogens is 903 g/mol. The van der Waals surface area contributed by atoms with Crippen molar-refractivity contribution in [3.05, 3.63) is 239 Å². The summed E-state index contributed by atoms with van der Waals surface area (Å²) in [7, 11) is 0. The lowest BCUT2D eigenvalue weighted by Crippen LogP contribution is -2.69. The Labute approximate surface area is 411 Å². The maximum atomic E-state index is 14.3. The van der Waals surface area contributed by atoms with Gasteiger partial charge >= 0.3 is 30.0 Å². The minimum absolute atomic E-state index is 0.0127. The van der Waals surface area contributed by atoms with E-state index in [4.69, 9.17) is 33.2 Å². The Morgan fingerprint density at radius 1 is 0.521 bits per heavy atom. The molecule has 1 fully saturated rings. The molecule has 1 N–H and O–H groups in total. The van der Waals surface area contributed by atoms with E-state index in [0.717, 1.165) is 23.1 Å². The van der Waals surface area contributed by atoms with E-state index in [-0.39, 0.29) is 40.3 Å². The van der Waals surface area contributed by atoms with E-state index >= 15 is 0 Å². The number of amides is 1. The second-order valence-corrected chi connectivity index (χ2v) is 16.9. The number of hydrogen-bond acceptors (Lipinski definition) is 12. The first-order valence-electron chi connectivity index (χ1n) is 23.1. The Kier molecular flexibility index (Phi) is 16.0. The number of hydrogen-bond donors (Lipinski definition) is 1. The van der Waals surface area contributed by atoms with Crippen LogP contribution in [-0.4, -0.2) is 66.8 Å². The molecule has 360 valence electrons. The SMILES string of the molecule is CCc1ccc(Cc2ccc(NC(=O)OCc3ccccc3)cc2OC2O[C@](C)(COC(=O)c3ccccc3)[C@@H](OC(=O)c3ccccc3)[C@H](OC(=O)c3ccccc3)[C@H]2OC(=O)c2ccccc2)cc1. The predicted octanol–water partition coefficient (Wildman–Crippen LogP) is 10.6. The van der Waals surface area contributed by atoms with E-state index in [1.165, 1.54) is 19.1 Å². The first kappa shape index (κ1) is 48.9. The van der Waals surface area contributed by atoms with Crippen LogP contribution < -0.4 is 10.1 Å². The van der Waals surface area contributed by atoms with Crippen molar-refractivity contribution in [2.75, 3.05) is 11.9 Å². The van der Waals surface area contributed by atoms with Crippen molar-refractivity contribution in [3.63, 3.8) is 0 Å². The van der Waals surface area contributed by atoms with E-state index < -0.39 is 66.8 Å². The summed E-state index contributed by atoms with van der Waals surface area (Å²) >= 11 is 0. The fourth-order valence-electron chi connectivity index (χ4n) is 7.88. The van der Waals surface area contributed by atoms with Crippen LogP contribution in [0.15, 0.2) is 194 Å². The molecule has 1 aliphatic heterocycles. The molecule has 0 saturated carbocycles. The van der Waals surface area contributed by atoms with Crippen molar-refractivity contribution in [1.29, 1.82) is 0 Å². The van der Waals surface area contributed by atoms with Crippen LogP contribution in [0.1, 0.15) is 77.5 Å². The van der Waals surface area contributed by atoms with Gasteiger partial charge in [-0.2, -0.15) is 0 Å². The van der Waals surface area contributed by atoms with Crippen molar-refractivity contribution >= 4 is 35.7 Å². The largest absolute Gasteiger partial charge is 0.460 e. The summed E-state index contributed by atoms with van der Waals surface area (Å²) in [5.74, 6) is -3.13. The van der Waals surface area contributed by atoms with E-state index in [9.17, 15) is 24.0 Å². The van der Waals surface area contributed by atoms with E-state index in [1.54, 1.807) is 127 Å². The Bertz CT molecular complexity index is 2900. The fourth-order valence-corrected chi connectivity index (χ4v) is 7.88. The van der Waals surface area contributed by atoms with Crippen molar-refractivity contribution < 1.29 is 57.1 Å². The first-order valence-corrected chi connectivity index (χ1v) is 23.1. The molecule has 13 heteroatoms. The highest BCUT2D eigenvalue weighted by Gasteiger charge is 2.60. The van der Waals surface area contributed by atoms with Gasteiger partial charge in [0.25, 0.3) is 0 Å². The third kappa shape index (κ3) is 12.8. The van der Waals surface area contributed by atoms with Gasteiger partial charge in [-0.25, -0.2) is 24.0 Å². The smallest absolute Gasteiger partial charge is 0.411 e. The maximum absolute atomic E-state index is 14.3. The zero-order valence-electron chi connectivity index (χ0n) is 39.0. The number of esters is 4. The fraction of sp³-hybridized carbons (Fsp3) is 0.190. The summed E-state index contributed by atoms with van der Waals surface area (Å²) in [4.78, 5) is 69.7. The standard InChI is InChI=1S/C58H51NO12/c1-3-39-29-31-40(32-30-39)35-46-33-34-47(59-57(64)65-37-41-19-9-4-10-20-41)36-48(46)67-56-50(69-54(62)44-25-15-7-16-26-44)49(68-53(61)43-23-13-6-14-24-43)51(70-55(63)45-27-17-8-18-28-45)58(2,71-56)38-66-52(60)42-21-11-5-12-22-42/h4-34,36,49-51,56H,3,35,37-38H2,1-2H3,(H,59,64)/t49-,50-,51+,56?,58-/m1/s1. The molecule has 1 unspecified atom stereocenters. The van der Waals surface area contributed by atoms with Crippen molar-refractivity contribution in [2.24, 2.45) is 0 Å². The highest BCUT2D eigenvalue weighted by Crippen LogP contribution is 2.39. The zero-order valence-corrected chi connectivity index (χ0v) is 39.0. The van der Waals surface area contributed by atoms with Gasteiger partial charge in [-0.1, -0.05) is 140 Å². The van der Waals surface area contributed by atoms with Crippen LogP contribution in [0.3, 0.4) is 0 Å². The van der Waals surface area contributed by atoms with Gasteiger partial charge < -0.3 is 33.2 Å². The van der Waals surface area contributed by atoms with Crippen LogP contribution in [0.4, 0.5) is 10.5 Å². The number of anilines is 1. The van der Waals surface area contributed by atoms with Gasteiger partial charge in [0.2, 0.25) is 12.4 Å². The number of carbonyl (C=O) groups is 5. The summed E-state index contributed by atoms with van der Waals surface area (Å²) in [5.41, 5.74) is 2.48. The number of nitrogens with one attached hydrogen (secondary N) is 1. The van der Waals surface area contributed by atoms with Gasteiger partial charge in [0.1, 0.15) is 24.6 Å². The topological polar surface area (TPSA) is 162 Å². The number of ether oxygens (including phenoxy) is 7. The molecule has 71 heavy (non-hydrogen) atoms.